The van der Waals surface area contributed by atoms with Crippen LogP contribution in [0.15, 0.2) is 12.2 Å². The third-order valence-corrected chi connectivity index (χ3v) is 6.86. The Bertz CT molecular complexity index is 329. The summed E-state index contributed by atoms with van der Waals surface area (Å²) in [6.45, 7) is 12.7. The van der Waals surface area contributed by atoms with Gasteiger partial charge in [-0.1, -0.05) is 155 Å². The lowest BCUT2D eigenvalue weighted by Gasteiger charge is -2.13. The fourth-order valence-corrected chi connectivity index (χ4v) is 4.54. The van der Waals surface area contributed by atoms with Gasteiger partial charge in [-0.3, -0.25) is 0 Å². The molecule has 0 aromatic heterocycles. The molecule has 0 fully saturated rings. The van der Waals surface area contributed by atoms with Crippen molar-refractivity contribution in [2.24, 2.45) is 11.8 Å². The molecular weight excluding hydrogens is 360 g/mol. The molecule has 0 saturated carbocycles. The number of allylic oxidation sites excluding steroid dienone is 2. The second-order valence-corrected chi connectivity index (χ2v) is 9.89. The van der Waals surface area contributed by atoms with E-state index < -0.39 is 0 Å². The highest BCUT2D eigenvalue weighted by Gasteiger charge is 2.05. The summed E-state index contributed by atoms with van der Waals surface area (Å²) in [5.41, 5.74) is 0. The molecule has 0 aromatic rings. The van der Waals surface area contributed by atoms with E-state index in [0.717, 1.165) is 24.7 Å². The predicted octanol–water partition coefficient (Wildman–Crippen LogP) is 11.1. The summed E-state index contributed by atoms with van der Waals surface area (Å²) in [5, 5.41) is 0. The summed E-state index contributed by atoms with van der Waals surface area (Å²) in [6.07, 6.45) is 35.1. The van der Waals surface area contributed by atoms with Gasteiger partial charge >= 0.3 is 0 Å². The van der Waals surface area contributed by atoms with Crippen LogP contribution in [0.3, 0.4) is 0 Å². The lowest BCUT2D eigenvalue weighted by Crippen LogP contribution is -1.98. The molecule has 0 bridgehead atoms. The van der Waals surface area contributed by atoms with E-state index in [9.17, 15) is 0 Å². The summed E-state index contributed by atoms with van der Waals surface area (Å²) >= 11 is 0. The molecule has 0 nitrogen and oxygen atoms in total. The van der Waals surface area contributed by atoms with E-state index in [0.29, 0.717) is 0 Å². The van der Waals surface area contributed by atoms with Crippen LogP contribution < -0.4 is 0 Å². The summed E-state index contributed by atoms with van der Waals surface area (Å²) in [6, 6.07) is 0. The van der Waals surface area contributed by atoms with E-state index in [1.807, 2.05) is 0 Å². The first-order valence-electron chi connectivity index (χ1n) is 14.0. The molecule has 0 rings (SSSR count). The van der Waals surface area contributed by atoms with Crippen LogP contribution in [0.5, 0.6) is 0 Å². The highest BCUT2D eigenvalue weighted by molar-refractivity contribution is 4.82. The van der Waals surface area contributed by atoms with Gasteiger partial charge in [0.25, 0.3) is 0 Å². The first-order valence-corrected chi connectivity index (χ1v) is 14.0. The van der Waals surface area contributed by atoms with Gasteiger partial charge in [0.05, 0.1) is 0 Å². The van der Waals surface area contributed by atoms with E-state index >= 15 is 0 Å². The zero-order valence-corrected chi connectivity index (χ0v) is 21.3. The molecule has 2 unspecified atom stereocenters. The fraction of sp³-hybridized carbons (Fsp3) is 0.867. The zero-order chi connectivity index (χ0) is 22.1. The van der Waals surface area contributed by atoms with Crippen LogP contribution in [0, 0.1) is 25.7 Å². The van der Waals surface area contributed by atoms with Crippen molar-refractivity contribution in [3.8, 4) is 0 Å². The molecule has 0 N–H and O–H groups in total. The second kappa shape index (κ2) is 25.0. The van der Waals surface area contributed by atoms with Crippen molar-refractivity contribution in [3.05, 3.63) is 26.0 Å². The average Bonchev–Trinajstić information content (AvgIpc) is 2.75. The van der Waals surface area contributed by atoms with Crippen LogP contribution in [-0.4, -0.2) is 0 Å². The van der Waals surface area contributed by atoms with Gasteiger partial charge in [0, 0.05) is 0 Å². The maximum absolute atomic E-state index is 3.93. The summed E-state index contributed by atoms with van der Waals surface area (Å²) < 4.78 is 0. The number of hydrogen-bond acceptors (Lipinski definition) is 0. The standard InChI is InChI=1S/C30H58/c1-5-8-10-12-13-14-15-16-19-23-27-30(7-3)28-24-20-17-18-22-26-29(4)25-21-11-9-6-2/h17,20,29-30H,1-2,5-16,18-19,21-28H2,3-4H3/b20-17+. The molecule has 2 atom stereocenters. The molecule has 0 amide bonds. The SMILES string of the molecule is [CH2]CCCCCCCCCCCC(CC)CC/C=C/CCCC(C)CCCCC[CH2]. The normalized spacial score (nSPS) is 13.9. The largest absolute Gasteiger partial charge is 0.0885 e. The van der Waals surface area contributed by atoms with Crippen LogP contribution in [0.25, 0.3) is 0 Å². The molecule has 0 aliphatic carbocycles. The first-order chi connectivity index (χ1) is 14.7. The van der Waals surface area contributed by atoms with Crippen molar-refractivity contribution in [3.63, 3.8) is 0 Å². The average molecular weight is 419 g/mol. The van der Waals surface area contributed by atoms with E-state index in [1.54, 1.807) is 0 Å². The minimum Gasteiger partial charge on any atom is -0.0885 e. The van der Waals surface area contributed by atoms with Gasteiger partial charge in [0.2, 0.25) is 0 Å². The van der Waals surface area contributed by atoms with Gasteiger partial charge in [-0.25, -0.2) is 0 Å². The number of hydrogen-bond donors (Lipinski definition) is 0. The molecule has 0 saturated heterocycles. The van der Waals surface area contributed by atoms with Gasteiger partial charge < -0.3 is 0 Å². The predicted molar refractivity (Wildman–Crippen MR) is 140 cm³/mol. The van der Waals surface area contributed by atoms with Crippen molar-refractivity contribution in [1.29, 1.82) is 0 Å². The molecule has 0 aliphatic rings. The van der Waals surface area contributed by atoms with Crippen molar-refractivity contribution in [2.75, 3.05) is 0 Å². The summed E-state index contributed by atoms with van der Waals surface area (Å²) in [5.74, 6) is 1.86. The quantitative estimate of drug-likeness (QED) is 0.108. The molecule has 0 heterocycles. The first kappa shape index (κ1) is 29.7. The van der Waals surface area contributed by atoms with Crippen molar-refractivity contribution in [2.45, 2.75) is 155 Å². The third kappa shape index (κ3) is 22.4. The Morgan fingerprint density at radius 1 is 0.533 bits per heavy atom. The van der Waals surface area contributed by atoms with Gasteiger partial charge in [-0.2, -0.15) is 0 Å². The fourth-order valence-electron chi connectivity index (χ4n) is 4.54. The Balaban J connectivity index is 3.47. The summed E-state index contributed by atoms with van der Waals surface area (Å²) in [7, 11) is 0. The molecule has 0 spiro atoms. The van der Waals surface area contributed by atoms with Crippen molar-refractivity contribution in [1.82, 2.24) is 0 Å². The smallest absolute Gasteiger partial charge is 0.0348 e. The highest BCUT2D eigenvalue weighted by atomic mass is 14.1. The molecule has 178 valence electrons. The maximum Gasteiger partial charge on any atom is -0.0348 e. The Kier molecular flexibility index (Phi) is 24.8. The Hall–Kier alpha value is -0.260. The maximum atomic E-state index is 3.93. The highest BCUT2D eigenvalue weighted by Crippen LogP contribution is 2.21. The molecule has 30 heavy (non-hydrogen) atoms. The zero-order valence-electron chi connectivity index (χ0n) is 21.3. The monoisotopic (exact) mass is 418 g/mol. The van der Waals surface area contributed by atoms with Crippen LogP contribution >= 0.6 is 0 Å². The summed E-state index contributed by atoms with van der Waals surface area (Å²) in [4.78, 5) is 0. The van der Waals surface area contributed by atoms with Gasteiger partial charge in [0.1, 0.15) is 0 Å². The topological polar surface area (TPSA) is 0 Å². The van der Waals surface area contributed by atoms with E-state index in [-0.39, 0.29) is 0 Å². The molecule has 0 aromatic carbocycles. The van der Waals surface area contributed by atoms with Gasteiger partial charge in [-0.05, 0) is 37.5 Å². The lowest BCUT2D eigenvalue weighted by molar-refractivity contribution is 0.414. The Morgan fingerprint density at radius 2 is 1.00 bits per heavy atom. The van der Waals surface area contributed by atoms with Crippen LogP contribution in [-0.2, 0) is 0 Å². The van der Waals surface area contributed by atoms with Crippen LogP contribution in [0.2, 0.25) is 0 Å². The third-order valence-electron chi connectivity index (χ3n) is 6.86. The van der Waals surface area contributed by atoms with Crippen LogP contribution in [0.4, 0.5) is 0 Å². The lowest BCUT2D eigenvalue weighted by atomic mass is 9.93. The Morgan fingerprint density at radius 3 is 1.60 bits per heavy atom. The van der Waals surface area contributed by atoms with Gasteiger partial charge in [0.15, 0.2) is 0 Å². The van der Waals surface area contributed by atoms with Gasteiger partial charge in [-0.15, -0.1) is 0 Å². The van der Waals surface area contributed by atoms with E-state index in [2.05, 4.69) is 39.8 Å². The van der Waals surface area contributed by atoms with Crippen molar-refractivity contribution >= 4 is 0 Å². The molecular formula is C30H58. The number of unbranched alkanes of at least 4 members (excludes halogenated alkanes) is 13. The van der Waals surface area contributed by atoms with Crippen molar-refractivity contribution < 1.29 is 0 Å². The number of rotatable bonds is 24. The Labute approximate surface area is 193 Å². The second-order valence-electron chi connectivity index (χ2n) is 9.89. The van der Waals surface area contributed by atoms with E-state index in [4.69, 9.17) is 0 Å². The minimum absolute atomic E-state index is 0.909. The minimum atomic E-state index is 0.909. The van der Waals surface area contributed by atoms with E-state index in [1.165, 1.54) is 128 Å². The molecule has 0 aliphatic heterocycles. The molecule has 0 heteroatoms. The van der Waals surface area contributed by atoms with Crippen LogP contribution in [0.1, 0.15) is 155 Å². The molecule has 2 radical (unpaired) electrons.